The standard InChI is InChI=1S/C13H14N4O2S2/c1-8-4-6-11(7-5-8)21(18,19)16-12-14-13-17(15-12)9(2)10(3)20-13/h4-7H,1-3H3,(H,15,16). The summed E-state index contributed by atoms with van der Waals surface area (Å²) in [7, 11) is -3.66. The van der Waals surface area contributed by atoms with Crippen molar-refractivity contribution in [3.63, 3.8) is 0 Å². The van der Waals surface area contributed by atoms with Crippen molar-refractivity contribution in [3.8, 4) is 0 Å². The average molecular weight is 322 g/mol. The summed E-state index contributed by atoms with van der Waals surface area (Å²) >= 11 is 1.48. The summed E-state index contributed by atoms with van der Waals surface area (Å²) in [5.74, 6) is 0.0879. The molecule has 0 aliphatic heterocycles. The second kappa shape index (κ2) is 4.81. The summed E-state index contributed by atoms with van der Waals surface area (Å²) in [5, 5.41) is 4.19. The maximum atomic E-state index is 12.3. The van der Waals surface area contributed by atoms with Crippen molar-refractivity contribution < 1.29 is 8.42 Å². The normalized spacial score (nSPS) is 12.0. The Kier molecular flexibility index (Phi) is 3.22. The van der Waals surface area contributed by atoms with Gasteiger partial charge in [0, 0.05) is 4.88 Å². The van der Waals surface area contributed by atoms with Crippen LogP contribution in [0.2, 0.25) is 0 Å². The molecule has 0 fully saturated rings. The van der Waals surface area contributed by atoms with Crippen LogP contribution in [0.1, 0.15) is 16.1 Å². The molecule has 0 unspecified atom stereocenters. The van der Waals surface area contributed by atoms with Crippen LogP contribution in [0.15, 0.2) is 29.2 Å². The molecule has 1 N–H and O–H groups in total. The fraction of sp³-hybridized carbons (Fsp3) is 0.231. The van der Waals surface area contributed by atoms with Crippen LogP contribution in [0.25, 0.3) is 4.96 Å². The number of hydrogen-bond donors (Lipinski definition) is 1. The second-order valence-corrected chi connectivity index (χ2v) is 7.66. The van der Waals surface area contributed by atoms with Crippen molar-refractivity contribution in [1.29, 1.82) is 0 Å². The number of hydrogen-bond acceptors (Lipinski definition) is 5. The van der Waals surface area contributed by atoms with Crippen LogP contribution in [0.3, 0.4) is 0 Å². The van der Waals surface area contributed by atoms with E-state index in [-0.39, 0.29) is 10.8 Å². The zero-order valence-corrected chi connectivity index (χ0v) is 13.4. The molecule has 0 bridgehead atoms. The highest BCUT2D eigenvalue weighted by Gasteiger charge is 2.18. The fourth-order valence-electron chi connectivity index (χ4n) is 1.88. The van der Waals surface area contributed by atoms with Gasteiger partial charge in [0.25, 0.3) is 16.0 Å². The number of aromatic nitrogens is 3. The molecule has 0 spiro atoms. The Morgan fingerprint density at radius 3 is 2.43 bits per heavy atom. The SMILES string of the molecule is Cc1ccc(S(=O)(=O)Nc2nc3sc(C)c(C)n3n2)cc1. The van der Waals surface area contributed by atoms with Crippen LogP contribution < -0.4 is 4.72 Å². The lowest BCUT2D eigenvalue weighted by Gasteiger charge is -2.04. The predicted molar refractivity (Wildman–Crippen MR) is 82.3 cm³/mol. The van der Waals surface area contributed by atoms with Crippen molar-refractivity contribution in [3.05, 3.63) is 40.4 Å². The number of thiazole rings is 1. The molecule has 3 aromatic rings. The van der Waals surface area contributed by atoms with Gasteiger partial charge in [0.2, 0.25) is 4.96 Å². The monoisotopic (exact) mass is 322 g/mol. The summed E-state index contributed by atoms with van der Waals surface area (Å²) in [5.41, 5.74) is 1.96. The Morgan fingerprint density at radius 2 is 1.81 bits per heavy atom. The highest BCUT2D eigenvalue weighted by molar-refractivity contribution is 7.92. The molecule has 0 aliphatic rings. The Labute approximate surface area is 126 Å². The number of aryl methyl sites for hydroxylation is 3. The molecule has 8 heteroatoms. The fourth-order valence-corrected chi connectivity index (χ4v) is 3.73. The minimum absolute atomic E-state index is 0.0879. The topological polar surface area (TPSA) is 76.4 Å². The van der Waals surface area contributed by atoms with Crippen molar-refractivity contribution in [2.45, 2.75) is 25.7 Å². The Balaban J connectivity index is 1.95. The number of nitrogens with one attached hydrogen (secondary N) is 1. The Bertz CT molecular complexity index is 908. The third-order valence-corrected chi connectivity index (χ3v) is 5.60. The van der Waals surface area contributed by atoms with Crippen LogP contribution in [0.5, 0.6) is 0 Å². The van der Waals surface area contributed by atoms with Gasteiger partial charge in [-0.15, -0.1) is 5.10 Å². The van der Waals surface area contributed by atoms with Crippen molar-refractivity contribution in [2.24, 2.45) is 0 Å². The van der Waals surface area contributed by atoms with Gasteiger partial charge in [0.1, 0.15) is 0 Å². The molecule has 0 amide bonds. The summed E-state index contributed by atoms with van der Waals surface area (Å²) < 4.78 is 28.6. The van der Waals surface area contributed by atoms with Crippen LogP contribution in [0.4, 0.5) is 5.95 Å². The molecular weight excluding hydrogens is 308 g/mol. The van der Waals surface area contributed by atoms with E-state index in [1.165, 1.54) is 11.3 Å². The van der Waals surface area contributed by atoms with Gasteiger partial charge < -0.3 is 0 Å². The molecule has 110 valence electrons. The van der Waals surface area contributed by atoms with E-state index in [1.54, 1.807) is 28.8 Å². The first kappa shape index (κ1) is 14.0. The second-order valence-electron chi connectivity index (χ2n) is 4.79. The minimum atomic E-state index is -3.66. The maximum absolute atomic E-state index is 12.3. The first-order valence-corrected chi connectivity index (χ1v) is 8.59. The van der Waals surface area contributed by atoms with E-state index in [2.05, 4.69) is 14.8 Å². The molecule has 0 atom stereocenters. The summed E-state index contributed by atoms with van der Waals surface area (Å²) in [6, 6.07) is 6.62. The van der Waals surface area contributed by atoms with Crippen LogP contribution in [0, 0.1) is 20.8 Å². The van der Waals surface area contributed by atoms with Gasteiger partial charge in [-0.2, -0.15) is 4.98 Å². The lowest BCUT2D eigenvalue weighted by atomic mass is 10.2. The highest BCUT2D eigenvalue weighted by Crippen LogP contribution is 2.22. The molecule has 2 heterocycles. The highest BCUT2D eigenvalue weighted by atomic mass is 32.2. The smallest absolute Gasteiger partial charge is 0.246 e. The number of rotatable bonds is 3. The lowest BCUT2D eigenvalue weighted by molar-refractivity contribution is 0.600. The van der Waals surface area contributed by atoms with Crippen LogP contribution >= 0.6 is 11.3 Å². The van der Waals surface area contributed by atoms with Gasteiger partial charge in [-0.3, -0.25) is 0 Å². The van der Waals surface area contributed by atoms with Gasteiger partial charge in [-0.25, -0.2) is 17.7 Å². The molecular formula is C13H14N4O2S2. The minimum Gasteiger partial charge on any atom is -0.246 e. The van der Waals surface area contributed by atoms with E-state index in [0.717, 1.165) is 16.1 Å². The number of benzene rings is 1. The lowest BCUT2D eigenvalue weighted by Crippen LogP contribution is -2.14. The van der Waals surface area contributed by atoms with E-state index in [9.17, 15) is 8.42 Å². The number of anilines is 1. The van der Waals surface area contributed by atoms with E-state index < -0.39 is 10.0 Å². The van der Waals surface area contributed by atoms with Gasteiger partial charge in [0.15, 0.2) is 0 Å². The average Bonchev–Trinajstić information content (AvgIpc) is 2.90. The van der Waals surface area contributed by atoms with Gasteiger partial charge in [-0.05, 0) is 32.9 Å². The summed E-state index contributed by atoms with van der Waals surface area (Å²) in [6.45, 7) is 5.80. The summed E-state index contributed by atoms with van der Waals surface area (Å²) in [4.78, 5) is 6.18. The third kappa shape index (κ3) is 2.52. The van der Waals surface area contributed by atoms with E-state index in [1.807, 2.05) is 20.8 Å². The quantitative estimate of drug-likeness (QED) is 0.804. The zero-order chi connectivity index (χ0) is 15.2. The van der Waals surface area contributed by atoms with Crippen molar-refractivity contribution in [2.75, 3.05) is 4.72 Å². The van der Waals surface area contributed by atoms with E-state index >= 15 is 0 Å². The van der Waals surface area contributed by atoms with Gasteiger partial charge in [-0.1, -0.05) is 29.0 Å². The molecule has 6 nitrogen and oxygen atoms in total. The molecule has 2 aromatic heterocycles. The molecule has 1 aromatic carbocycles. The zero-order valence-electron chi connectivity index (χ0n) is 11.8. The molecule has 3 rings (SSSR count). The van der Waals surface area contributed by atoms with Gasteiger partial charge >= 0.3 is 0 Å². The van der Waals surface area contributed by atoms with Crippen molar-refractivity contribution >= 4 is 32.3 Å². The first-order chi connectivity index (χ1) is 9.87. The third-order valence-electron chi connectivity index (χ3n) is 3.21. The van der Waals surface area contributed by atoms with Crippen molar-refractivity contribution in [1.82, 2.24) is 14.6 Å². The number of fused-ring (bicyclic) bond motifs is 1. The van der Waals surface area contributed by atoms with E-state index in [0.29, 0.717) is 4.96 Å². The summed E-state index contributed by atoms with van der Waals surface area (Å²) in [6.07, 6.45) is 0. The first-order valence-electron chi connectivity index (χ1n) is 6.29. The number of sulfonamides is 1. The Hall–Kier alpha value is -1.93. The molecule has 0 radical (unpaired) electrons. The van der Waals surface area contributed by atoms with E-state index in [4.69, 9.17) is 0 Å². The largest absolute Gasteiger partial charge is 0.264 e. The maximum Gasteiger partial charge on any atom is 0.264 e. The van der Waals surface area contributed by atoms with Gasteiger partial charge in [0.05, 0.1) is 10.6 Å². The van der Waals surface area contributed by atoms with Crippen LogP contribution in [-0.4, -0.2) is 23.0 Å². The Morgan fingerprint density at radius 1 is 1.14 bits per heavy atom. The number of nitrogens with zero attached hydrogens (tertiary/aromatic N) is 3. The molecule has 0 aliphatic carbocycles. The molecule has 21 heavy (non-hydrogen) atoms. The molecule has 0 saturated carbocycles. The molecule has 0 saturated heterocycles. The predicted octanol–water partition coefficient (Wildman–Crippen LogP) is 2.52. The van der Waals surface area contributed by atoms with Crippen LogP contribution in [-0.2, 0) is 10.0 Å².